The van der Waals surface area contributed by atoms with Crippen molar-refractivity contribution >= 4 is 25.8 Å². The molecular weight excluding hydrogens is 403 g/mol. The molecule has 0 bridgehead atoms. The summed E-state index contributed by atoms with van der Waals surface area (Å²) in [4.78, 5) is 35.3. The van der Waals surface area contributed by atoms with Gasteiger partial charge in [0.05, 0.1) is 0 Å². The third-order valence-electron chi connectivity index (χ3n) is 5.30. The Bertz CT molecular complexity index is 977. The zero-order valence-corrected chi connectivity index (χ0v) is 19.4. The minimum Gasteiger partial charge on any atom is -0.426 e. The Hall–Kier alpha value is -3.29. The van der Waals surface area contributed by atoms with E-state index in [0.717, 1.165) is 29.4 Å². The molecule has 0 unspecified atom stereocenters. The van der Waals surface area contributed by atoms with Gasteiger partial charge in [0.1, 0.15) is 26.8 Å². The highest BCUT2D eigenvalue weighted by Gasteiger charge is 2.29. The fraction of sp³-hybridized carbons (Fsp3) is 0.375. The molecule has 2 aromatic carbocycles. The standard InChI is InChI=1S/C24H31BN4O3/c1-18-8-10-20(11-9-18)15-28-16-22(30)29(13-5-12-25)24(31)27(3)17-26-23(28)32-21-7-4-6-19(2)14-21/h4,6-11,14H,5,12-13,15-17,25H2,1-3H3/b26-23+. The highest BCUT2D eigenvalue weighted by Crippen LogP contribution is 2.17. The van der Waals surface area contributed by atoms with Crippen molar-refractivity contribution < 1.29 is 14.3 Å². The number of carbonyl (C=O) groups is 2. The minimum atomic E-state index is -0.334. The van der Waals surface area contributed by atoms with Gasteiger partial charge in [-0.25, -0.2) is 9.79 Å². The number of aryl methyl sites for hydroxylation is 2. The van der Waals surface area contributed by atoms with Crippen LogP contribution in [0.5, 0.6) is 5.75 Å². The predicted molar refractivity (Wildman–Crippen MR) is 129 cm³/mol. The van der Waals surface area contributed by atoms with Gasteiger partial charge < -0.3 is 14.5 Å². The summed E-state index contributed by atoms with van der Waals surface area (Å²) in [7, 11) is 3.69. The molecule has 168 valence electrons. The smallest absolute Gasteiger partial charge is 0.327 e. The molecule has 0 fully saturated rings. The molecule has 0 N–H and O–H groups in total. The van der Waals surface area contributed by atoms with E-state index in [9.17, 15) is 9.59 Å². The lowest BCUT2D eigenvalue weighted by atomic mass is 10.0. The topological polar surface area (TPSA) is 65.5 Å². The normalized spacial score (nSPS) is 16.8. The van der Waals surface area contributed by atoms with Crippen LogP contribution in [0.4, 0.5) is 4.79 Å². The van der Waals surface area contributed by atoms with Crippen LogP contribution in [-0.4, -0.2) is 67.3 Å². The van der Waals surface area contributed by atoms with Crippen molar-refractivity contribution in [2.45, 2.75) is 33.1 Å². The van der Waals surface area contributed by atoms with Gasteiger partial charge in [0.15, 0.2) is 0 Å². The van der Waals surface area contributed by atoms with Crippen LogP contribution < -0.4 is 4.74 Å². The molecule has 0 spiro atoms. The van der Waals surface area contributed by atoms with Crippen molar-refractivity contribution in [3.8, 4) is 5.75 Å². The van der Waals surface area contributed by atoms with Gasteiger partial charge in [-0.3, -0.25) is 9.69 Å². The number of amidine groups is 1. The Labute approximate surface area is 191 Å². The molecule has 3 rings (SSSR count). The van der Waals surface area contributed by atoms with Crippen LogP contribution in [0, 0.1) is 13.8 Å². The van der Waals surface area contributed by atoms with E-state index in [-0.39, 0.29) is 25.2 Å². The molecule has 0 saturated heterocycles. The molecule has 0 saturated carbocycles. The van der Waals surface area contributed by atoms with Crippen molar-refractivity contribution in [2.75, 3.05) is 26.8 Å². The molecule has 32 heavy (non-hydrogen) atoms. The molecule has 1 heterocycles. The number of carbonyl (C=O) groups excluding carboxylic acids is 2. The molecular formula is C24H31BN4O3. The van der Waals surface area contributed by atoms with Crippen LogP contribution in [0.2, 0.25) is 6.32 Å². The van der Waals surface area contributed by atoms with Gasteiger partial charge in [0, 0.05) is 20.1 Å². The highest BCUT2D eigenvalue weighted by atomic mass is 16.5. The van der Waals surface area contributed by atoms with E-state index in [1.54, 1.807) is 11.9 Å². The number of amides is 3. The van der Waals surface area contributed by atoms with Crippen molar-refractivity contribution in [1.29, 1.82) is 0 Å². The lowest BCUT2D eigenvalue weighted by Gasteiger charge is -2.27. The SMILES string of the molecule is BCCCN1C(=O)CN(Cc2ccc(C)cc2)/C(Oc2cccc(C)c2)=N\CN(C)C1=O. The van der Waals surface area contributed by atoms with Crippen LogP contribution in [0.1, 0.15) is 23.1 Å². The van der Waals surface area contributed by atoms with Crippen molar-refractivity contribution in [3.05, 3.63) is 65.2 Å². The second-order valence-electron chi connectivity index (χ2n) is 8.22. The maximum Gasteiger partial charge on any atom is 0.327 e. The van der Waals surface area contributed by atoms with Crippen molar-refractivity contribution in [3.63, 3.8) is 0 Å². The molecule has 0 radical (unpaired) electrons. The lowest BCUT2D eigenvalue weighted by molar-refractivity contribution is -0.129. The number of nitrogens with zero attached hydrogens (tertiary/aromatic N) is 4. The second-order valence-corrected chi connectivity index (χ2v) is 8.22. The predicted octanol–water partition coefficient (Wildman–Crippen LogP) is 2.83. The van der Waals surface area contributed by atoms with Crippen molar-refractivity contribution in [2.24, 2.45) is 4.99 Å². The summed E-state index contributed by atoms with van der Waals surface area (Å²) >= 11 is 0. The third-order valence-corrected chi connectivity index (χ3v) is 5.30. The Balaban J connectivity index is 1.94. The van der Waals surface area contributed by atoms with E-state index in [2.05, 4.69) is 4.99 Å². The van der Waals surface area contributed by atoms with Gasteiger partial charge >= 0.3 is 6.03 Å². The van der Waals surface area contributed by atoms with Crippen LogP contribution in [0.15, 0.2) is 53.5 Å². The number of imide groups is 1. The largest absolute Gasteiger partial charge is 0.426 e. The molecule has 0 aromatic heterocycles. The first kappa shape index (κ1) is 23.4. The van der Waals surface area contributed by atoms with Crippen LogP contribution in [0.25, 0.3) is 0 Å². The van der Waals surface area contributed by atoms with Gasteiger partial charge in [0.25, 0.3) is 6.02 Å². The van der Waals surface area contributed by atoms with E-state index in [0.29, 0.717) is 24.9 Å². The second kappa shape index (κ2) is 10.8. The minimum absolute atomic E-state index is 0.00181. The van der Waals surface area contributed by atoms with Gasteiger partial charge in [-0.1, -0.05) is 48.3 Å². The first-order valence-corrected chi connectivity index (χ1v) is 11.0. The van der Waals surface area contributed by atoms with Crippen LogP contribution in [-0.2, 0) is 11.3 Å². The fourth-order valence-corrected chi connectivity index (χ4v) is 3.41. The van der Waals surface area contributed by atoms with Gasteiger partial charge in [-0.05, 0) is 43.5 Å². The summed E-state index contributed by atoms with van der Waals surface area (Å²) < 4.78 is 6.15. The average molecular weight is 434 g/mol. The monoisotopic (exact) mass is 434 g/mol. The van der Waals surface area contributed by atoms with E-state index >= 15 is 0 Å². The van der Waals surface area contributed by atoms with E-state index in [1.807, 2.05) is 70.2 Å². The molecule has 1 aliphatic heterocycles. The molecule has 1 aliphatic rings. The quantitative estimate of drug-likeness (QED) is 0.656. The van der Waals surface area contributed by atoms with Crippen molar-refractivity contribution in [1.82, 2.24) is 14.7 Å². The van der Waals surface area contributed by atoms with Gasteiger partial charge in [0.2, 0.25) is 5.91 Å². The fourth-order valence-electron chi connectivity index (χ4n) is 3.41. The van der Waals surface area contributed by atoms with Gasteiger partial charge in [-0.15, -0.1) is 0 Å². The number of aliphatic imine (C=N–C) groups is 1. The Kier molecular flexibility index (Phi) is 7.92. The summed E-state index contributed by atoms with van der Waals surface area (Å²) in [6.07, 6.45) is 1.66. The first-order chi connectivity index (χ1) is 15.4. The molecule has 0 aliphatic carbocycles. The molecule has 8 heteroatoms. The number of benzene rings is 2. The molecule has 0 atom stereocenters. The summed E-state index contributed by atoms with van der Waals surface area (Å²) in [6.45, 7) is 4.96. The van der Waals surface area contributed by atoms with E-state index < -0.39 is 0 Å². The summed E-state index contributed by atoms with van der Waals surface area (Å²) in [5.41, 5.74) is 3.26. The molecule has 3 amide bonds. The Morgan fingerprint density at radius 3 is 2.50 bits per heavy atom. The number of rotatable bonds is 6. The Morgan fingerprint density at radius 1 is 1.06 bits per heavy atom. The third kappa shape index (κ3) is 6.12. The number of urea groups is 1. The average Bonchev–Trinajstić information content (AvgIpc) is 2.80. The zero-order chi connectivity index (χ0) is 23.1. The summed E-state index contributed by atoms with van der Waals surface area (Å²) in [6, 6.07) is 15.8. The summed E-state index contributed by atoms with van der Waals surface area (Å²) in [5.74, 6) is 0.381. The molecule has 7 nitrogen and oxygen atoms in total. The lowest BCUT2D eigenvalue weighted by Crippen LogP contribution is -2.48. The number of ether oxygens (including phenoxy) is 1. The van der Waals surface area contributed by atoms with E-state index in [1.165, 1.54) is 9.80 Å². The Morgan fingerprint density at radius 2 is 1.81 bits per heavy atom. The van der Waals surface area contributed by atoms with Crippen LogP contribution in [0.3, 0.4) is 0 Å². The number of hydrogen-bond acceptors (Lipinski definition) is 5. The van der Waals surface area contributed by atoms with E-state index in [4.69, 9.17) is 4.74 Å². The molecule has 2 aromatic rings. The van der Waals surface area contributed by atoms with Gasteiger partial charge in [-0.2, -0.15) is 0 Å². The maximum atomic E-state index is 13.2. The number of hydrogen-bond donors (Lipinski definition) is 0. The highest BCUT2D eigenvalue weighted by molar-refractivity contribution is 6.08. The zero-order valence-electron chi connectivity index (χ0n) is 19.4. The summed E-state index contributed by atoms with van der Waals surface area (Å²) in [5, 5.41) is 0. The van der Waals surface area contributed by atoms with Crippen LogP contribution >= 0.6 is 0 Å². The maximum absolute atomic E-state index is 13.2. The first-order valence-electron chi connectivity index (χ1n) is 11.0.